The van der Waals surface area contributed by atoms with Gasteiger partial charge in [-0.05, 0) is 19.9 Å². The van der Waals surface area contributed by atoms with Crippen LogP contribution in [0, 0.1) is 24.0 Å². The molecule has 100 valence electrons. The Bertz CT molecular complexity index is 587. The van der Waals surface area contributed by atoms with Gasteiger partial charge in [0.2, 0.25) is 0 Å². The summed E-state index contributed by atoms with van der Waals surface area (Å²) < 4.78 is 5.47. The monoisotopic (exact) mass is 261 g/mol. The van der Waals surface area contributed by atoms with Crippen LogP contribution in [0.1, 0.15) is 28.6 Å². The second-order valence-corrected chi connectivity index (χ2v) is 4.28. The number of aromatic nitrogens is 2. The molecule has 1 heterocycles. The summed E-state index contributed by atoms with van der Waals surface area (Å²) in [5.41, 5.74) is 3.05. The fourth-order valence-corrected chi connectivity index (χ4v) is 2.22. The summed E-state index contributed by atoms with van der Waals surface area (Å²) in [4.78, 5) is 10.7. The highest BCUT2D eigenvalue weighted by Crippen LogP contribution is 2.34. The number of H-pyrrole nitrogens is 1. The average Bonchev–Trinajstić information content (AvgIpc) is 2.72. The maximum absolute atomic E-state index is 11.1. The van der Waals surface area contributed by atoms with Crippen molar-refractivity contribution in [3.63, 3.8) is 0 Å². The number of nitro groups is 1. The first-order valence-electron chi connectivity index (χ1n) is 5.83. The number of methoxy groups -OCH3 is 1. The van der Waals surface area contributed by atoms with E-state index in [1.807, 2.05) is 13.8 Å². The molecule has 6 nitrogen and oxygen atoms in total. The van der Waals surface area contributed by atoms with Gasteiger partial charge in [-0.1, -0.05) is 12.1 Å². The molecule has 0 radical (unpaired) electrons. The minimum absolute atomic E-state index is 0.0503. The van der Waals surface area contributed by atoms with Gasteiger partial charge in [-0.2, -0.15) is 5.10 Å². The quantitative estimate of drug-likeness (QED) is 0.677. The zero-order valence-corrected chi connectivity index (χ0v) is 11.0. The van der Waals surface area contributed by atoms with Crippen LogP contribution in [0.25, 0.3) is 0 Å². The minimum Gasteiger partial charge on any atom is -0.372 e. The van der Waals surface area contributed by atoms with Crippen LogP contribution in [0.4, 0.5) is 5.69 Å². The van der Waals surface area contributed by atoms with Gasteiger partial charge in [-0.3, -0.25) is 15.2 Å². The van der Waals surface area contributed by atoms with Crippen LogP contribution in [0.15, 0.2) is 24.3 Å². The Labute approximate surface area is 110 Å². The number of nitrogens with one attached hydrogen (secondary N) is 1. The molecule has 1 unspecified atom stereocenters. The zero-order chi connectivity index (χ0) is 14.0. The number of rotatable bonds is 4. The van der Waals surface area contributed by atoms with E-state index in [9.17, 15) is 10.1 Å². The Morgan fingerprint density at radius 2 is 2.05 bits per heavy atom. The fraction of sp³-hybridized carbons (Fsp3) is 0.308. The highest BCUT2D eigenvalue weighted by Gasteiger charge is 2.26. The molecule has 0 saturated heterocycles. The standard InChI is InChI=1S/C13H15N3O3/c1-8-12(9(2)15-14-8)13(19-3)10-6-4-5-7-11(10)16(17)18/h4-7,13H,1-3H3,(H,14,15). The summed E-state index contributed by atoms with van der Waals surface area (Å²) in [6, 6.07) is 6.59. The lowest BCUT2D eigenvalue weighted by Crippen LogP contribution is -2.08. The van der Waals surface area contributed by atoms with E-state index in [0.29, 0.717) is 5.56 Å². The van der Waals surface area contributed by atoms with Gasteiger partial charge in [0.1, 0.15) is 6.10 Å². The van der Waals surface area contributed by atoms with Crippen molar-refractivity contribution in [1.82, 2.24) is 10.2 Å². The van der Waals surface area contributed by atoms with Crippen molar-refractivity contribution in [2.75, 3.05) is 7.11 Å². The van der Waals surface area contributed by atoms with E-state index in [1.165, 1.54) is 13.2 Å². The number of nitro benzene ring substituents is 1. The highest BCUT2D eigenvalue weighted by molar-refractivity contribution is 5.46. The van der Waals surface area contributed by atoms with Crippen LogP contribution >= 0.6 is 0 Å². The molecule has 0 aliphatic heterocycles. The Kier molecular flexibility index (Phi) is 3.62. The van der Waals surface area contributed by atoms with Crippen LogP contribution in [0.5, 0.6) is 0 Å². The van der Waals surface area contributed by atoms with E-state index in [0.717, 1.165) is 17.0 Å². The molecule has 0 aliphatic carbocycles. The Balaban J connectivity index is 2.58. The van der Waals surface area contributed by atoms with Crippen molar-refractivity contribution in [3.8, 4) is 0 Å². The van der Waals surface area contributed by atoms with E-state index in [4.69, 9.17) is 4.74 Å². The normalized spacial score (nSPS) is 12.4. The van der Waals surface area contributed by atoms with Crippen molar-refractivity contribution in [2.24, 2.45) is 0 Å². The molecule has 0 spiro atoms. The smallest absolute Gasteiger partial charge is 0.275 e. The Morgan fingerprint density at radius 3 is 2.58 bits per heavy atom. The van der Waals surface area contributed by atoms with Crippen molar-refractivity contribution in [3.05, 3.63) is 56.9 Å². The van der Waals surface area contributed by atoms with Gasteiger partial charge >= 0.3 is 0 Å². The number of hydrogen-bond acceptors (Lipinski definition) is 4. The van der Waals surface area contributed by atoms with Gasteiger partial charge in [0.05, 0.1) is 16.2 Å². The molecular formula is C13H15N3O3. The second-order valence-electron chi connectivity index (χ2n) is 4.28. The molecule has 1 atom stereocenters. The van der Waals surface area contributed by atoms with Gasteiger partial charge in [0.25, 0.3) is 5.69 Å². The first-order valence-corrected chi connectivity index (χ1v) is 5.83. The molecule has 0 fully saturated rings. The van der Waals surface area contributed by atoms with Gasteiger partial charge in [0, 0.05) is 24.4 Å². The van der Waals surface area contributed by atoms with Gasteiger partial charge in [-0.15, -0.1) is 0 Å². The van der Waals surface area contributed by atoms with Crippen LogP contribution in [-0.4, -0.2) is 22.2 Å². The number of aryl methyl sites for hydroxylation is 2. The van der Waals surface area contributed by atoms with E-state index >= 15 is 0 Å². The topological polar surface area (TPSA) is 81.1 Å². The molecular weight excluding hydrogens is 246 g/mol. The molecule has 0 saturated carbocycles. The van der Waals surface area contributed by atoms with Crippen molar-refractivity contribution in [1.29, 1.82) is 0 Å². The van der Waals surface area contributed by atoms with E-state index < -0.39 is 11.0 Å². The van der Waals surface area contributed by atoms with Gasteiger partial charge in [0.15, 0.2) is 0 Å². The molecule has 0 aliphatic rings. The van der Waals surface area contributed by atoms with Crippen LogP contribution in [0.2, 0.25) is 0 Å². The summed E-state index contributed by atoms with van der Waals surface area (Å²) >= 11 is 0. The molecule has 1 aromatic heterocycles. The number of ether oxygens (including phenoxy) is 1. The molecule has 2 aromatic rings. The first-order chi connectivity index (χ1) is 9.06. The molecule has 6 heteroatoms. The first kappa shape index (κ1) is 13.2. The predicted molar refractivity (Wildman–Crippen MR) is 70.0 cm³/mol. The summed E-state index contributed by atoms with van der Waals surface area (Å²) in [6.07, 6.45) is -0.500. The molecule has 0 amide bonds. The lowest BCUT2D eigenvalue weighted by Gasteiger charge is -2.16. The number of hydrogen-bond donors (Lipinski definition) is 1. The molecule has 2 rings (SSSR count). The SMILES string of the molecule is COC(c1ccccc1[N+](=O)[O-])c1c(C)n[nH]c1C. The Morgan fingerprint density at radius 1 is 1.37 bits per heavy atom. The summed E-state index contributed by atoms with van der Waals surface area (Å²) in [5.74, 6) is 0. The van der Waals surface area contributed by atoms with Gasteiger partial charge in [-0.25, -0.2) is 0 Å². The lowest BCUT2D eigenvalue weighted by molar-refractivity contribution is -0.386. The van der Waals surface area contributed by atoms with Crippen molar-refractivity contribution >= 4 is 5.69 Å². The largest absolute Gasteiger partial charge is 0.372 e. The van der Waals surface area contributed by atoms with Crippen LogP contribution < -0.4 is 0 Å². The average molecular weight is 261 g/mol. The van der Waals surface area contributed by atoms with Gasteiger partial charge < -0.3 is 4.74 Å². The zero-order valence-electron chi connectivity index (χ0n) is 11.0. The summed E-state index contributed by atoms with van der Waals surface area (Å²) in [6.45, 7) is 3.72. The fourth-order valence-electron chi connectivity index (χ4n) is 2.22. The highest BCUT2D eigenvalue weighted by atomic mass is 16.6. The third kappa shape index (κ3) is 2.34. The third-order valence-corrected chi connectivity index (χ3v) is 3.10. The third-order valence-electron chi connectivity index (χ3n) is 3.10. The molecule has 0 bridgehead atoms. The summed E-state index contributed by atoms with van der Waals surface area (Å²) in [7, 11) is 1.53. The van der Waals surface area contributed by atoms with E-state index in [1.54, 1.807) is 18.2 Å². The van der Waals surface area contributed by atoms with Crippen molar-refractivity contribution < 1.29 is 9.66 Å². The van der Waals surface area contributed by atoms with E-state index in [-0.39, 0.29) is 5.69 Å². The summed E-state index contributed by atoms with van der Waals surface area (Å²) in [5, 5.41) is 18.1. The molecule has 1 aromatic carbocycles. The van der Waals surface area contributed by atoms with Crippen LogP contribution in [0.3, 0.4) is 0 Å². The van der Waals surface area contributed by atoms with E-state index in [2.05, 4.69) is 10.2 Å². The second kappa shape index (κ2) is 5.19. The number of aromatic amines is 1. The number of benzene rings is 1. The van der Waals surface area contributed by atoms with Crippen molar-refractivity contribution in [2.45, 2.75) is 20.0 Å². The minimum atomic E-state index is -0.500. The molecule has 1 N–H and O–H groups in total. The maximum Gasteiger partial charge on any atom is 0.275 e. The maximum atomic E-state index is 11.1. The van der Waals surface area contributed by atoms with Crippen LogP contribution in [-0.2, 0) is 4.74 Å². The Hall–Kier alpha value is -2.21. The number of para-hydroxylation sites is 1. The number of nitrogens with zero attached hydrogens (tertiary/aromatic N) is 2. The lowest BCUT2D eigenvalue weighted by atomic mass is 9.98. The predicted octanol–water partition coefficient (Wildman–Crippen LogP) is 2.67. The molecule has 19 heavy (non-hydrogen) atoms.